The molecule has 0 aliphatic heterocycles. The molecule has 0 bridgehead atoms. The highest BCUT2D eigenvalue weighted by atomic mass is 32.2. The fourth-order valence-corrected chi connectivity index (χ4v) is 2.17. The first kappa shape index (κ1) is 13.7. The Morgan fingerprint density at radius 2 is 2.00 bits per heavy atom. The first-order valence-corrected chi connectivity index (χ1v) is 6.87. The molecular formula is C12H15N3O3S. The maximum absolute atomic E-state index is 11.9. The standard InChI is InChI=1S/C12H15N3O3S/c1-7-4-10(17-14-7)6-19-9(3)12(16)13-11-5-8(2)15-18-11/h4-5,9H,6H2,1-3H3,(H,13,16)/t9-/m0/s1. The fourth-order valence-electron chi connectivity index (χ4n) is 1.41. The number of aryl methyl sites for hydroxylation is 2. The van der Waals surface area contributed by atoms with Crippen LogP contribution < -0.4 is 5.32 Å². The summed E-state index contributed by atoms with van der Waals surface area (Å²) in [6.45, 7) is 5.48. The molecule has 2 aromatic rings. The molecule has 0 spiro atoms. The van der Waals surface area contributed by atoms with Crippen LogP contribution in [0.5, 0.6) is 0 Å². The van der Waals surface area contributed by atoms with Crippen molar-refractivity contribution in [2.45, 2.75) is 31.8 Å². The van der Waals surface area contributed by atoms with Crippen LogP contribution in [0.1, 0.15) is 24.1 Å². The van der Waals surface area contributed by atoms with E-state index in [0.29, 0.717) is 11.6 Å². The molecule has 7 heteroatoms. The lowest BCUT2D eigenvalue weighted by molar-refractivity contribution is -0.115. The number of amides is 1. The average Bonchev–Trinajstić information content (AvgIpc) is 2.95. The van der Waals surface area contributed by atoms with E-state index in [9.17, 15) is 4.79 Å². The minimum Gasteiger partial charge on any atom is -0.360 e. The zero-order chi connectivity index (χ0) is 13.8. The molecule has 1 atom stereocenters. The predicted octanol–water partition coefficient (Wildman–Crippen LogP) is 2.54. The van der Waals surface area contributed by atoms with Gasteiger partial charge in [-0.15, -0.1) is 11.8 Å². The van der Waals surface area contributed by atoms with E-state index in [1.54, 1.807) is 13.0 Å². The normalized spacial score (nSPS) is 12.4. The van der Waals surface area contributed by atoms with Gasteiger partial charge in [0.15, 0.2) is 0 Å². The van der Waals surface area contributed by atoms with E-state index in [1.165, 1.54) is 11.8 Å². The van der Waals surface area contributed by atoms with Crippen molar-refractivity contribution in [3.05, 3.63) is 29.3 Å². The van der Waals surface area contributed by atoms with Gasteiger partial charge in [-0.1, -0.05) is 10.3 Å². The van der Waals surface area contributed by atoms with Crippen LogP contribution in [0, 0.1) is 13.8 Å². The summed E-state index contributed by atoms with van der Waals surface area (Å²) in [5.41, 5.74) is 1.57. The third kappa shape index (κ3) is 3.85. The topological polar surface area (TPSA) is 81.2 Å². The monoisotopic (exact) mass is 281 g/mol. The lowest BCUT2D eigenvalue weighted by Crippen LogP contribution is -2.22. The highest BCUT2D eigenvalue weighted by molar-refractivity contribution is 7.99. The van der Waals surface area contributed by atoms with Crippen LogP contribution in [0.3, 0.4) is 0 Å². The average molecular weight is 281 g/mol. The molecule has 0 saturated carbocycles. The number of carbonyl (C=O) groups excluding carboxylic acids is 1. The van der Waals surface area contributed by atoms with Crippen molar-refractivity contribution in [1.29, 1.82) is 0 Å². The van der Waals surface area contributed by atoms with Gasteiger partial charge in [0.25, 0.3) is 0 Å². The summed E-state index contributed by atoms with van der Waals surface area (Å²) in [6, 6.07) is 3.53. The largest absolute Gasteiger partial charge is 0.360 e. The maximum Gasteiger partial charge on any atom is 0.239 e. The molecule has 0 fully saturated rings. The van der Waals surface area contributed by atoms with Gasteiger partial charge in [-0.2, -0.15) is 0 Å². The maximum atomic E-state index is 11.9. The van der Waals surface area contributed by atoms with Crippen LogP contribution in [0.2, 0.25) is 0 Å². The highest BCUT2D eigenvalue weighted by Crippen LogP contribution is 2.20. The number of hydrogen-bond donors (Lipinski definition) is 1. The number of hydrogen-bond acceptors (Lipinski definition) is 6. The first-order chi connectivity index (χ1) is 9.04. The van der Waals surface area contributed by atoms with E-state index in [0.717, 1.165) is 17.1 Å². The number of rotatable bonds is 5. The first-order valence-electron chi connectivity index (χ1n) is 5.82. The molecule has 0 aliphatic rings. The third-order valence-electron chi connectivity index (χ3n) is 2.40. The van der Waals surface area contributed by atoms with Gasteiger partial charge in [-0.25, -0.2) is 0 Å². The van der Waals surface area contributed by atoms with Gasteiger partial charge in [-0.05, 0) is 20.8 Å². The molecule has 19 heavy (non-hydrogen) atoms. The smallest absolute Gasteiger partial charge is 0.239 e. The molecule has 0 aromatic carbocycles. The van der Waals surface area contributed by atoms with Crippen molar-refractivity contribution in [1.82, 2.24) is 10.3 Å². The van der Waals surface area contributed by atoms with Crippen molar-refractivity contribution in [3.8, 4) is 0 Å². The summed E-state index contributed by atoms with van der Waals surface area (Å²) in [6.07, 6.45) is 0. The van der Waals surface area contributed by atoms with Crippen molar-refractivity contribution < 1.29 is 13.8 Å². The second kappa shape index (κ2) is 5.92. The van der Waals surface area contributed by atoms with Crippen molar-refractivity contribution >= 4 is 23.6 Å². The summed E-state index contributed by atoms with van der Waals surface area (Å²) in [5.74, 6) is 1.60. The van der Waals surface area contributed by atoms with Gasteiger partial charge in [0.05, 0.1) is 22.4 Å². The molecule has 0 radical (unpaired) electrons. The van der Waals surface area contributed by atoms with E-state index in [1.807, 2.05) is 19.9 Å². The second-order valence-corrected chi connectivity index (χ2v) is 5.54. The Bertz CT molecular complexity index is 564. The van der Waals surface area contributed by atoms with Gasteiger partial charge in [0.2, 0.25) is 11.8 Å². The molecular weight excluding hydrogens is 266 g/mol. The van der Waals surface area contributed by atoms with E-state index in [-0.39, 0.29) is 11.2 Å². The minimum absolute atomic E-state index is 0.127. The zero-order valence-corrected chi connectivity index (χ0v) is 11.8. The summed E-state index contributed by atoms with van der Waals surface area (Å²) in [5, 5.41) is 9.95. The molecule has 0 aliphatic carbocycles. The summed E-state index contributed by atoms with van der Waals surface area (Å²) < 4.78 is 10.0. The Morgan fingerprint density at radius 3 is 2.58 bits per heavy atom. The van der Waals surface area contributed by atoms with Crippen LogP contribution in [0.4, 0.5) is 5.88 Å². The van der Waals surface area contributed by atoms with Gasteiger partial charge >= 0.3 is 0 Å². The molecule has 2 heterocycles. The van der Waals surface area contributed by atoms with E-state index in [2.05, 4.69) is 15.6 Å². The van der Waals surface area contributed by atoms with Gasteiger partial charge in [0.1, 0.15) is 5.76 Å². The molecule has 2 aromatic heterocycles. The summed E-state index contributed by atoms with van der Waals surface area (Å²) in [7, 11) is 0. The molecule has 0 saturated heterocycles. The van der Waals surface area contributed by atoms with Gasteiger partial charge < -0.3 is 9.05 Å². The fraction of sp³-hybridized carbons (Fsp3) is 0.417. The molecule has 2 rings (SSSR count). The van der Waals surface area contributed by atoms with E-state index in [4.69, 9.17) is 9.05 Å². The van der Waals surface area contributed by atoms with Crippen molar-refractivity contribution in [3.63, 3.8) is 0 Å². The van der Waals surface area contributed by atoms with Gasteiger partial charge in [0, 0.05) is 12.1 Å². The summed E-state index contributed by atoms with van der Waals surface area (Å²) >= 11 is 1.47. The highest BCUT2D eigenvalue weighted by Gasteiger charge is 2.16. The predicted molar refractivity (Wildman–Crippen MR) is 71.9 cm³/mol. The summed E-state index contributed by atoms with van der Waals surface area (Å²) in [4.78, 5) is 11.9. The third-order valence-corrected chi connectivity index (χ3v) is 3.56. The Labute approximate surface area is 114 Å². The Balaban J connectivity index is 1.82. The lowest BCUT2D eigenvalue weighted by Gasteiger charge is -2.08. The van der Waals surface area contributed by atoms with Crippen LogP contribution in [-0.2, 0) is 10.5 Å². The van der Waals surface area contributed by atoms with Crippen LogP contribution in [0.15, 0.2) is 21.2 Å². The Morgan fingerprint density at radius 1 is 1.32 bits per heavy atom. The number of nitrogens with zero attached hydrogens (tertiary/aromatic N) is 2. The van der Waals surface area contributed by atoms with Crippen molar-refractivity contribution in [2.24, 2.45) is 0 Å². The molecule has 6 nitrogen and oxygen atoms in total. The molecule has 1 N–H and O–H groups in total. The van der Waals surface area contributed by atoms with Crippen LogP contribution in [-0.4, -0.2) is 21.5 Å². The van der Waals surface area contributed by atoms with Crippen LogP contribution in [0.25, 0.3) is 0 Å². The number of anilines is 1. The molecule has 0 unspecified atom stereocenters. The zero-order valence-electron chi connectivity index (χ0n) is 11.0. The minimum atomic E-state index is -0.226. The lowest BCUT2D eigenvalue weighted by atomic mass is 10.4. The second-order valence-electron chi connectivity index (χ2n) is 4.21. The molecule has 1 amide bonds. The number of carbonyl (C=O) groups is 1. The van der Waals surface area contributed by atoms with Crippen molar-refractivity contribution in [2.75, 3.05) is 5.32 Å². The number of aromatic nitrogens is 2. The SMILES string of the molecule is Cc1cc(CS[C@@H](C)C(=O)Nc2cc(C)no2)on1. The number of thioether (sulfide) groups is 1. The van der Waals surface area contributed by atoms with E-state index < -0.39 is 0 Å². The Kier molecular flexibility index (Phi) is 4.26. The van der Waals surface area contributed by atoms with Gasteiger partial charge in [-0.3, -0.25) is 10.1 Å². The quantitative estimate of drug-likeness (QED) is 0.907. The van der Waals surface area contributed by atoms with E-state index >= 15 is 0 Å². The van der Waals surface area contributed by atoms with Crippen LogP contribution >= 0.6 is 11.8 Å². The number of nitrogens with one attached hydrogen (secondary N) is 1. The molecule has 102 valence electrons. The Hall–Kier alpha value is -1.76.